The van der Waals surface area contributed by atoms with Crippen LogP contribution < -0.4 is 5.56 Å². The molecule has 0 aliphatic heterocycles. The molecule has 0 spiro atoms. The summed E-state index contributed by atoms with van der Waals surface area (Å²) < 4.78 is 39.5. The van der Waals surface area contributed by atoms with Crippen LogP contribution in [-0.4, -0.2) is 20.6 Å². The van der Waals surface area contributed by atoms with E-state index in [4.69, 9.17) is 5.11 Å². The van der Waals surface area contributed by atoms with Gasteiger partial charge in [0.05, 0.1) is 10.9 Å². The van der Waals surface area contributed by atoms with Gasteiger partial charge in [0, 0.05) is 13.0 Å². The van der Waals surface area contributed by atoms with E-state index in [2.05, 4.69) is 4.98 Å². The Bertz CT molecular complexity index is 737. The first-order valence-corrected chi connectivity index (χ1v) is 6.09. The monoisotopic (exact) mass is 300 g/mol. The van der Waals surface area contributed by atoms with E-state index in [9.17, 15) is 22.8 Å². The maximum absolute atomic E-state index is 13.0. The number of aromatic nitrogens is 2. The highest BCUT2D eigenvalue weighted by Gasteiger charge is 2.37. The number of hydrogen-bond acceptors (Lipinski definition) is 3. The maximum Gasteiger partial charge on any atom is 0.449 e. The molecule has 1 heterocycles. The van der Waals surface area contributed by atoms with Crippen molar-refractivity contribution in [2.75, 3.05) is 0 Å². The summed E-state index contributed by atoms with van der Waals surface area (Å²) in [5, 5.41) is 8.61. The van der Waals surface area contributed by atoms with E-state index in [1.165, 1.54) is 24.3 Å². The minimum atomic E-state index is -4.79. The third-order valence-electron chi connectivity index (χ3n) is 2.89. The summed E-state index contributed by atoms with van der Waals surface area (Å²) in [6.07, 6.45) is -5.19. The van der Waals surface area contributed by atoms with Gasteiger partial charge in [-0.15, -0.1) is 0 Å². The topological polar surface area (TPSA) is 72.2 Å². The van der Waals surface area contributed by atoms with Gasteiger partial charge in [-0.05, 0) is 18.6 Å². The molecule has 1 N–H and O–H groups in total. The summed E-state index contributed by atoms with van der Waals surface area (Å²) in [4.78, 5) is 26.1. The van der Waals surface area contributed by atoms with Crippen LogP contribution in [0.3, 0.4) is 0 Å². The molecule has 112 valence electrons. The predicted molar refractivity (Wildman–Crippen MR) is 67.9 cm³/mol. The fourth-order valence-electron chi connectivity index (χ4n) is 1.98. The van der Waals surface area contributed by atoms with Crippen LogP contribution in [0.15, 0.2) is 29.1 Å². The van der Waals surface area contributed by atoms with E-state index in [1.807, 2.05) is 0 Å². The highest BCUT2D eigenvalue weighted by molar-refractivity contribution is 5.77. The van der Waals surface area contributed by atoms with Gasteiger partial charge in [0.1, 0.15) is 0 Å². The van der Waals surface area contributed by atoms with Crippen LogP contribution in [0.2, 0.25) is 0 Å². The van der Waals surface area contributed by atoms with Gasteiger partial charge in [0.2, 0.25) is 5.82 Å². The number of para-hydroxylation sites is 1. The highest BCUT2D eigenvalue weighted by atomic mass is 19.4. The van der Waals surface area contributed by atoms with Crippen LogP contribution in [0, 0.1) is 0 Å². The first kappa shape index (κ1) is 15.0. The molecule has 21 heavy (non-hydrogen) atoms. The van der Waals surface area contributed by atoms with Crippen molar-refractivity contribution in [3.05, 3.63) is 40.4 Å². The molecule has 0 unspecified atom stereocenters. The van der Waals surface area contributed by atoms with Crippen molar-refractivity contribution in [2.45, 2.75) is 25.6 Å². The lowest BCUT2D eigenvalue weighted by Gasteiger charge is -2.15. The Balaban J connectivity index is 2.56. The van der Waals surface area contributed by atoms with Gasteiger partial charge in [0.25, 0.3) is 5.56 Å². The molecule has 2 aromatic rings. The highest BCUT2D eigenvalue weighted by Crippen LogP contribution is 2.28. The van der Waals surface area contributed by atoms with Gasteiger partial charge in [0.15, 0.2) is 0 Å². The van der Waals surface area contributed by atoms with Gasteiger partial charge in [-0.3, -0.25) is 14.2 Å². The molecule has 1 aromatic carbocycles. The predicted octanol–water partition coefficient (Wildman–Crippen LogP) is 2.28. The second kappa shape index (κ2) is 5.55. The Morgan fingerprint density at radius 1 is 1.29 bits per heavy atom. The van der Waals surface area contributed by atoms with E-state index >= 15 is 0 Å². The summed E-state index contributed by atoms with van der Waals surface area (Å²) in [5.41, 5.74) is -0.859. The van der Waals surface area contributed by atoms with Gasteiger partial charge in [-0.25, -0.2) is 4.98 Å². The van der Waals surface area contributed by atoms with E-state index in [1.54, 1.807) is 0 Å². The molecular weight excluding hydrogens is 289 g/mol. The fraction of sp³-hybridized carbons (Fsp3) is 0.308. The number of carbonyl (C=O) groups is 1. The van der Waals surface area contributed by atoms with Crippen molar-refractivity contribution in [2.24, 2.45) is 0 Å². The summed E-state index contributed by atoms with van der Waals surface area (Å²) in [6.45, 7) is -0.349. The largest absolute Gasteiger partial charge is 0.481 e. The lowest BCUT2D eigenvalue weighted by molar-refractivity contribution is -0.148. The number of benzene rings is 1. The normalized spacial score (nSPS) is 11.8. The molecule has 0 aliphatic carbocycles. The fourth-order valence-corrected chi connectivity index (χ4v) is 1.98. The maximum atomic E-state index is 13.0. The molecule has 0 amide bonds. The van der Waals surface area contributed by atoms with E-state index in [0.29, 0.717) is 4.57 Å². The molecule has 0 fully saturated rings. The Morgan fingerprint density at radius 3 is 2.57 bits per heavy atom. The average molecular weight is 300 g/mol. The van der Waals surface area contributed by atoms with Gasteiger partial charge in [-0.1, -0.05) is 12.1 Å². The summed E-state index contributed by atoms with van der Waals surface area (Å²) in [5.74, 6) is -2.44. The third kappa shape index (κ3) is 3.21. The first-order valence-electron chi connectivity index (χ1n) is 6.09. The summed E-state index contributed by atoms with van der Waals surface area (Å²) in [6, 6.07) is 5.73. The molecule has 0 atom stereocenters. The molecule has 2 rings (SSSR count). The Kier molecular flexibility index (Phi) is 3.97. The van der Waals surface area contributed by atoms with Crippen molar-refractivity contribution in [3.63, 3.8) is 0 Å². The van der Waals surface area contributed by atoms with E-state index in [-0.39, 0.29) is 30.3 Å². The Labute approximate surface area is 116 Å². The minimum Gasteiger partial charge on any atom is -0.481 e. The molecular formula is C13H11F3N2O3. The van der Waals surface area contributed by atoms with Crippen LogP contribution in [0.1, 0.15) is 18.7 Å². The Hall–Kier alpha value is -2.38. The lowest BCUT2D eigenvalue weighted by atomic mass is 10.2. The summed E-state index contributed by atoms with van der Waals surface area (Å²) >= 11 is 0. The standard InChI is InChI=1S/C13H11F3N2O3/c14-13(15,16)12-17-9-5-2-1-4-8(9)11(21)18(12)7-3-6-10(19)20/h1-2,4-5H,3,6-7H2,(H,19,20). The quantitative estimate of drug-likeness (QED) is 0.940. The molecule has 0 aliphatic rings. The zero-order chi connectivity index (χ0) is 15.6. The number of rotatable bonds is 4. The van der Waals surface area contributed by atoms with Crippen LogP contribution in [0.4, 0.5) is 13.2 Å². The molecule has 0 saturated heterocycles. The van der Waals surface area contributed by atoms with Gasteiger partial charge >= 0.3 is 12.1 Å². The molecule has 1 aromatic heterocycles. The Morgan fingerprint density at radius 2 is 1.95 bits per heavy atom. The zero-order valence-electron chi connectivity index (χ0n) is 10.7. The van der Waals surface area contributed by atoms with Gasteiger partial charge < -0.3 is 5.11 Å². The van der Waals surface area contributed by atoms with E-state index in [0.717, 1.165) is 0 Å². The lowest BCUT2D eigenvalue weighted by Crippen LogP contribution is -2.30. The average Bonchev–Trinajstić information content (AvgIpc) is 2.39. The third-order valence-corrected chi connectivity index (χ3v) is 2.89. The van der Waals surface area contributed by atoms with Crippen LogP contribution in [-0.2, 0) is 17.5 Å². The number of carboxylic acids is 1. The van der Waals surface area contributed by atoms with Crippen LogP contribution >= 0.6 is 0 Å². The smallest absolute Gasteiger partial charge is 0.449 e. The number of carboxylic acid groups (broad SMARTS) is 1. The van der Waals surface area contributed by atoms with Crippen molar-refractivity contribution in [3.8, 4) is 0 Å². The molecule has 0 saturated carbocycles. The number of aliphatic carboxylic acids is 1. The van der Waals surface area contributed by atoms with Crippen molar-refractivity contribution in [1.82, 2.24) is 9.55 Å². The van der Waals surface area contributed by atoms with Crippen molar-refractivity contribution >= 4 is 16.9 Å². The second-order valence-electron chi connectivity index (χ2n) is 4.40. The van der Waals surface area contributed by atoms with Crippen molar-refractivity contribution < 1.29 is 23.1 Å². The minimum absolute atomic E-state index is 0.0377. The first-order chi connectivity index (χ1) is 9.80. The van der Waals surface area contributed by atoms with Gasteiger partial charge in [-0.2, -0.15) is 13.2 Å². The second-order valence-corrected chi connectivity index (χ2v) is 4.40. The number of halogens is 3. The SMILES string of the molecule is O=C(O)CCCn1c(C(F)(F)F)nc2ccccc2c1=O. The van der Waals surface area contributed by atoms with Crippen LogP contribution in [0.25, 0.3) is 10.9 Å². The molecule has 5 nitrogen and oxygen atoms in total. The van der Waals surface area contributed by atoms with E-state index < -0.39 is 23.5 Å². The zero-order valence-corrected chi connectivity index (χ0v) is 10.7. The molecule has 0 radical (unpaired) electrons. The number of hydrogen-bond donors (Lipinski definition) is 1. The molecule has 0 bridgehead atoms. The number of fused-ring (bicyclic) bond motifs is 1. The van der Waals surface area contributed by atoms with Crippen molar-refractivity contribution in [1.29, 1.82) is 0 Å². The summed E-state index contributed by atoms with van der Waals surface area (Å²) in [7, 11) is 0. The number of alkyl halides is 3. The van der Waals surface area contributed by atoms with Crippen LogP contribution in [0.5, 0.6) is 0 Å². The number of nitrogens with zero attached hydrogens (tertiary/aromatic N) is 2. The molecule has 8 heteroatoms.